The number of carbonyl (C=O) groups is 1. The van der Waals surface area contributed by atoms with Gasteiger partial charge in [0.05, 0.1) is 6.04 Å². The van der Waals surface area contributed by atoms with Crippen LogP contribution in [-0.4, -0.2) is 32.3 Å². The SMILES string of the molecule is O=C(NC1CCSc2ccc(F)cc21)c1nn[nH]n1. The molecule has 1 aromatic heterocycles. The number of amides is 1. The largest absolute Gasteiger partial charge is 0.342 e. The Bertz CT molecular complexity index is 603. The number of nitrogens with zero attached hydrogens (tertiary/aromatic N) is 3. The lowest BCUT2D eigenvalue weighted by atomic mass is 10.0. The van der Waals surface area contributed by atoms with Gasteiger partial charge in [-0.05, 0) is 35.4 Å². The van der Waals surface area contributed by atoms with Gasteiger partial charge >= 0.3 is 0 Å². The molecule has 0 fully saturated rings. The van der Waals surface area contributed by atoms with Crippen LogP contribution in [0.3, 0.4) is 0 Å². The lowest BCUT2D eigenvalue weighted by molar-refractivity contribution is 0.0924. The molecule has 0 saturated carbocycles. The summed E-state index contributed by atoms with van der Waals surface area (Å²) in [4.78, 5) is 12.9. The zero-order valence-corrected chi connectivity index (χ0v) is 10.6. The fourth-order valence-corrected chi connectivity index (χ4v) is 3.10. The maximum Gasteiger partial charge on any atom is 0.293 e. The molecule has 98 valence electrons. The number of H-pyrrole nitrogens is 1. The van der Waals surface area contributed by atoms with Gasteiger partial charge in [-0.15, -0.1) is 22.0 Å². The predicted molar refractivity (Wildman–Crippen MR) is 66.1 cm³/mol. The quantitative estimate of drug-likeness (QED) is 0.866. The second-order valence-corrected chi connectivity index (χ2v) is 5.22. The maximum absolute atomic E-state index is 13.3. The summed E-state index contributed by atoms with van der Waals surface area (Å²) in [6.45, 7) is 0. The van der Waals surface area contributed by atoms with Crippen molar-refractivity contribution in [3.63, 3.8) is 0 Å². The second-order valence-electron chi connectivity index (χ2n) is 4.08. The Morgan fingerprint density at radius 2 is 2.42 bits per heavy atom. The number of hydrogen-bond acceptors (Lipinski definition) is 5. The van der Waals surface area contributed by atoms with Gasteiger partial charge in [-0.3, -0.25) is 4.79 Å². The van der Waals surface area contributed by atoms with E-state index in [0.717, 1.165) is 22.6 Å². The first-order valence-electron chi connectivity index (χ1n) is 5.70. The van der Waals surface area contributed by atoms with Gasteiger partial charge in [0.1, 0.15) is 5.82 Å². The molecular formula is C11H10FN5OS. The highest BCUT2D eigenvalue weighted by atomic mass is 32.2. The van der Waals surface area contributed by atoms with Crippen molar-refractivity contribution in [2.75, 3.05) is 5.75 Å². The second kappa shape index (κ2) is 4.96. The first-order valence-corrected chi connectivity index (χ1v) is 6.69. The molecule has 2 aromatic rings. The number of rotatable bonds is 2. The van der Waals surface area contributed by atoms with E-state index in [1.165, 1.54) is 12.1 Å². The van der Waals surface area contributed by atoms with Crippen LogP contribution >= 0.6 is 11.8 Å². The van der Waals surface area contributed by atoms with E-state index >= 15 is 0 Å². The summed E-state index contributed by atoms with van der Waals surface area (Å²) in [6.07, 6.45) is 0.741. The molecule has 2 N–H and O–H groups in total. The third-order valence-electron chi connectivity index (χ3n) is 2.87. The van der Waals surface area contributed by atoms with Gasteiger partial charge in [-0.25, -0.2) is 4.39 Å². The summed E-state index contributed by atoms with van der Waals surface area (Å²) in [6, 6.07) is 4.40. The topological polar surface area (TPSA) is 83.6 Å². The van der Waals surface area contributed by atoms with Crippen LogP contribution in [0.4, 0.5) is 4.39 Å². The third kappa shape index (κ3) is 2.43. The first kappa shape index (κ1) is 12.1. The Hall–Kier alpha value is -1.96. The highest BCUT2D eigenvalue weighted by Gasteiger charge is 2.24. The summed E-state index contributed by atoms with van der Waals surface area (Å²) in [7, 11) is 0. The Labute approximate surface area is 112 Å². The molecule has 6 nitrogen and oxygen atoms in total. The van der Waals surface area contributed by atoms with Crippen molar-refractivity contribution in [1.29, 1.82) is 0 Å². The molecule has 1 unspecified atom stereocenters. The number of tetrazole rings is 1. The van der Waals surface area contributed by atoms with E-state index in [-0.39, 0.29) is 17.7 Å². The van der Waals surface area contributed by atoms with E-state index in [1.807, 2.05) is 0 Å². The van der Waals surface area contributed by atoms with Crippen molar-refractivity contribution >= 4 is 17.7 Å². The van der Waals surface area contributed by atoms with Crippen LogP contribution in [0.15, 0.2) is 23.1 Å². The van der Waals surface area contributed by atoms with Gasteiger partial charge in [0.25, 0.3) is 11.7 Å². The minimum Gasteiger partial charge on any atom is -0.342 e. The Balaban J connectivity index is 1.84. The van der Waals surface area contributed by atoms with Crippen molar-refractivity contribution in [2.24, 2.45) is 0 Å². The molecular weight excluding hydrogens is 269 g/mol. The molecule has 1 aromatic carbocycles. The van der Waals surface area contributed by atoms with E-state index in [4.69, 9.17) is 0 Å². The van der Waals surface area contributed by atoms with Crippen LogP contribution in [-0.2, 0) is 0 Å². The van der Waals surface area contributed by atoms with E-state index in [0.29, 0.717) is 0 Å². The summed E-state index contributed by atoms with van der Waals surface area (Å²) in [5.41, 5.74) is 0.799. The fraction of sp³-hybridized carbons (Fsp3) is 0.273. The van der Waals surface area contributed by atoms with Crippen molar-refractivity contribution in [3.8, 4) is 0 Å². The fourth-order valence-electron chi connectivity index (χ4n) is 2.00. The molecule has 1 atom stereocenters. The molecule has 0 aliphatic carbocycles. The number of thioether (sulfide) groups is 1. The van der Waals surface area contributed by atoms with Gasteiger partial charge in [0.2, 0.25) is 0 Å². The zero-order chi connectivity index (χ0) is 13.2. The molecule has 0 bridgehead atoms. The molecule has 1 amide bonds. The average molecular weight is 279 g/mol. The minimum absolute atomic E-state index is 0.0174. The van der Waals surface area contributed by atoms with Gasteiger partial charge in [0.15, 0.2) is 0 Å². The number of nitrogens with one attached hydrogen (secondary N) is 2. The number of aromatic amines is 1. The van der Waals surface area contributed by atoms with Crippen LogP contribution in [0.1, 0.15) is 28.6 Å². The molecule has 3 rings (SSSR count). The molecule has 8 heteroatoms. The number of carbonyl (C=O) groups excluding carboxylic acids is 1. The van der Waals surface area contributed by atoms with Crippen LogP contribution in [0.5, 0.6) is 0 Å². The van der Waals surface area contributed by atoms with Crippen LogP contribution in [0, 0.1) is 5.82 Å². The number of fused-ring (bicyclic) bond motifs is 1. The highest BCUT2D eigenvalue weighted by Crippen LogP contribution is 2.36. The molecule has 1 aliphatic heterocycles. The van der Waals surface area contributed by atoms with E-state index < -0.39 is 5.91 Å². The number of hydrogen-bond donors (Lipinski definition) is 2. The number of aromatic nitrogens is 4. The maximum atomic E-state index is 13.3. The van der Waals surface area contributed by atoms with E-state index in [1.54, 1.807) is 17.8 Å². The Morgan fingerprint density at radius 3 is 3.21 bits per heavy atom. The average Bonchev–Trinajstić information content (AvgIpc) is 2.93. The molecule has 19 heavy (non-hydrogen) atoms. The molecule has 0 spiro atoms. The van der Waals surface area contributed by atoms with Crippen LogP contribution in [0.2, 0.25) is 0 Å². The van der Waals surface area contributed by atoms with Crippen molar-refractivity contribution in [3.05, 3.63) is 35.4 Å². The third-order valence-corrected chi connectivity index (χ3v) is 3.99. The normalized spacial score (nSPS) is 17.8. The van der Waals surface area contributed by atoms with Crippen molar-refractivity contribution in [1.82, 2.24) is 25.9 Å². The van der Waals surface area contributed by atoms with Gasteiger partial charge in [0, 0.05) is 10.6 Å². The Kier molecular flexibility index (Phi) is 3.16. The molecule has 1 aliphatic rings. The minimum atomic E-state index is -0.416. The van der Waals surface area contributed by atoms with Gasteiger partial charge < -0.3 is 5.32 Å². The van der Waals surface area contributed by atoms with Crippen LogP contribution in [0.25, 0.3) is 0 Å². The summed E-state index contributed by atoms with van der Waals surface area (Å²) in [5.74, 6) is 0.132. The van der Waals surface area contributed by atoms with Crippen LogP contribution < -0.4 is 5.32 Å². The first-order chi connectivity index (χ1) is 9.24. The zero-order valence-electron chi connectivity index (χ0n) is 9.76. The van der Waals surface area contributed by atoms with E-state index in [2.05, 4.69) is 25.9 Å². The van der Waals surface area contributed by atoms with Crippen molar-refractivity contribution in [2.45, 2.75) is 17.4 Å². The summed E-state index contributed by atoms with van der Waals surface area (Å²) in [5, 5.41) is 15.6. The number of benzene rings is 1. The van der Waals surface area contributed by atoms with Gasteiger partial charge in [-0.1, -0.05) is 0 Å². The highest BCUT2D eigenvalue weighted by molar-refractivity contribution is 7.99. The molecule has 0 radical (unpaired) electrons. The number of halogens is 1. The smallest absolute Gasteiger partial charge is 0.293 e. The molecule has 0 saturated heterocycles. The molecule has 2 heterocycles. The summed E-state index contributed by atoms with van der Waals surface area (Å²) < 4.78 is 13.3. The standard InChI is InChI=1S/C11H10FN5OS/c12-6-1-2-9-7(5-6)8(3-4-19-9)13-11(18)10-14-16-17-15-10/h1-2,5,8H,3-4H2,(H,13,18)(H,14,15,16,17). The summed E-state index contributed by atoms with van der Waals surface area (Å²) >= 11 is 1.66. The lowest BCUT2D eigenvalue weighted by Gasteiger charge is -2.25. The van der Waals surface area contributed by atoms with E-state index in [9.17, 15) is 9.18 Å². The van der Waals surface area contributed by atoms with Crippen molar-refractivity contribution < 1.29 is 9.18 Å². The predicted octanol–water partition coefficient (Wildman–Crippen LogP) is 1.31. The van der Waals surface area contributed by atoms with Gasteiger partial charge in [-0.2, -0.15) is 5.21 Å². The lowest BCUT2D eigenvalue weighted by Crippen LogP contribution is -2.31. The monoisotopic (exact) mass is 279 g/mol. The Morgan fingerprint density at radius 1 is 1.53 bits per heavy atom.